The number of aliphatic imine (C=N–C) groups is 1. The summed E-state index contributed by atoms with van der Waals surface area (Å²) in [4.78, 5) is 3.97. The molecular formula is C8H5ClFN. The van der Waals surface area contributed by atoms with Crippen LogP contribution in [0.3, 0.4) is 0 Å². The van der Waals surface area contributed by atoms with Crippen LogP contribution in [-0.4, -0.2) is 12.3 Å². The van der Waals surface area contributed by atoms with Crippen LogP contribution >= 0.6 is 11.6 Å². The molecule has 0 radical (unpaired) electrons. The van der Waals surface area contributed by atoms with Crippen molar-refractivity contribution in [3.05, 3.63) is 34.6 Å². The highest BCUT2D eigenvalue weighted by Crippen LogP contribution is 2.21. The van der Waals surface area contributed by atoms with E-state index in [9.17, 15) is 4.39 Å². The van der Waals surface area contributed by atoms with Crippen LogP contribution < -0.4 is 0 Å². The minimum Gasteiger partial charge on any atom is -0.281 e. The second kappa shape index (κ2) is 2.31. The summed E-state index contributed by atoms with van der Waals surface area (Å²) < 4.78 is 12.5. The first kappa shape index (κ1) is 6.80. The molecule has 2 rings (SSSR count). The minimum absolute atomic E-state index is 0.306. The van der Waals surface area contributed by atoms with Crippen molar-refractivity contribution in [1.29, 1.82) is 0 Å². The first-order chi connectivity index (χ1) is 5.27. The van der Waals surface area contributed by atoms with Crippen LogP contribution in [0.5, 0.6) is 0 Å². The molecule has 0 amide bonds. The third-order valence-electron chi connectivity index (χ3n) is 1.56. The SMILES string of the molecule is Fc1ccc(C2=NC2)c(Cl)c1. The van der Waals surface area contributed by atoms with Crippen molar-refractivity contribution < 1.29 is 4.39 Å². The molecule has 0 fully saturated rings. The van der Waals surface area contributed by atoms with Gasteiger partial charge in [0, 0.05) is 5.56 Å². The predicted octanol–water partition coefficient (Wildman–Crippen LogP) is 2.28. The van der Waals surface area contributed by atoms with E-state index in [1.807, 2.05) is 0 Å². The average molecular weight is 170 g/mol. The van der Waals surface area contributed by atoms with E-state index in [1.165, 1.54) is 12.1 Å². The smallest absolute Gasteiger partial charge is 0.124 e. The summed E-state index contributed by atoms with van der Waals surface area (Å²) in [6.07, 6.45) is 0. The molecule has 1 aromatic carbocycles. The van der Waals surface area contributed by atoms with Gasteiger partial charge in [0.25, 0.3) is 0 Å². The van der Waals surface area contributed by atoms with Gasteiger partial charge in [-0.2, -0.15) is 0 Å². The lowest BCUT2D eigenvalue weighted by Crippen LogP contribution is -1.89. The van der Waals surface area contributed by atoms with Gasteiger partial charge in [0.1, 0.15) is 5.82 Å². The molecule has 0 atom stereocenters. The standard InChI is InChI=1S/C8H5ClFN/c9-7-3-5(10)1-2-6(7)8-4-11-8/h1-3H,4H2. The minimum atomic E-state index is -0.306. The van der Waals surface area contributed by atoms with E-state index in [0.29, 0.717) is 5.02 Å². The number of halogens is 2. The van der Waals surface area contributed by atoms with E-state index in [4.69, 9.17) is 11.6 Å². The molecule has 56 valence electrons. The van der Waals surface area contributed by atoms with Crippen LogP contribution in [-0.2, 0) is 0 Å². The molecule has 1 aliphatic rings. The van der Waals surface area contributed by atoms with Crippen LogP contribution in [0.25, 0.3) is 0 Å². The number of benzene rings is 1. The molecule has 11 heavy (non-hydrogen) atoms. The largest absolute Gasteiger partial charge is 0.281 e. The second-order valence-corrected chi connectivity index (χ2v) is 2.79. The van der Waals surface area contributed by atoms with Gasteiger partial charge in [-0.05, 0) is 18.2 Å². The zero-order valence-corrected chi connectivity index (χ0v) is 6.40. The molecule has 0 saturated heterocycles. The van der Waals surface area contributed by atoms with Gasteiger partial charge in [0.05, 0.1) is 17.3 Å². The summed E-state index contributed by atoms with van der Waals surface area (Å²) in [5.41, 5.74) is 1.82. The van der Waals surface area contributed by atoms with E-state index in [2.05, 4.69) is 4.99 Å². The molecule has 1 aliphatic heterocycles. The topological polar surface area (TPSA) is 12.4 Å². The maximum Gasteiger partial charge on any atom is 0.124 e. The Kier molecular flexibility index (Phi) is 1.43. The molecule has 0 saturated carbocycles. The van der Waals surface area contributed by atoms with E-state index < -0.39 is 0 Å². The normalized spacial score (nSPS) is 14.5. The zero-order chi connectivity index (χ0) is 7.84. The Morgan fingerprint density at radius 1 is 1.45 bits per heavy atom. The van der Waals surface area contributed by atoms with Crippen LogP contribution in [0.1, 0.15) is 5.56 Å². The summed E-state index contributed by atoms with van der Waals surface area (Å²) in [5, 5.41) is 0.446. The van der Waals surface area contributed by atoms with Crippen molar-refractivity contribution in [2.75, 3.05) is 6.54 Å². The molecule has 1 aromatic rings. The third-order valence-corrected chi connectivity index (χ3v) is 1.87. The van der Waals surface area contributed by atoms with Gasteiger partial charge in [-0.3, -0.25) is 4.99 Å². The Hall–Kier alpha value is -0.890. The number of hydrogen-bond acceptors (Lipinski definition) is 1. The lowest BCUT2D eigenvalue weighted by Gasteiger charge is -1.95. The maximum atomic E-state index is 12.5. The molecule has 0 bridgehead atoms. The molecule has 1 heterocycles. The quantitative estimate of drug-likeness (QED) is 0.612. The second-order valence-electron chi connectivity index (χ2n) is 2.39. The Bertz CT molecular complexity index is 333. The molecule has 3 heteroatoms. The third kappa shape index (κ3) is 1.26. The number of hydrogen-bond donors (Lipinski definition) is 0. The van der Waals surface area contributed by atoms with Gasteiger partial charge in [-0.15, -0.1) is 0 Å². The van der Waals surface area contributed by atoms with Crippen molar-refractivity contribution in [1.82, 2.24) is 0 Å². The Morgan fingerprint density at radius 3 is 2.73 bits per heavy atom. The molecule has 0 unspecified atom stereocenters. The Labute approximate surface area is 68.5 Å². The lowest BCUT2D eigenvalue weighted by atomic mass is 10.2. The predicted molar refractivity (Wildman–Crippen MR) is 42.8 cm³/mol. The van der Waals surface area contributed by atoms with Crippen molar-refractivity contribution in [3.8, 4) is 0 Å². The Morgan fingerprint density at radius 2 is 2.18 bits per heavy atom. The van der Waals surface area contributed by atoms with Crippen LogP contribution in [0.15, 0.2) is 23.2 Å². The van der Waals surface area contributed by atoms with Crippen molar-refractivity contribution in [2.24, 2.45) is 4.99 Å². The molecule has 0 N–H and O–H groups in total. The van der Waals surface area contributed by atoms with E-state index in [-0.39, 0.29) is 5.82 Å². The average Bonchev–Trinajstić information content (AvgIpc) is 2.70. The fourth-order valence-corrected chi connectivity index (χ4v) is 1.21. The summed E-state index contributed by atoms with van der Waals surface area (Å²) in [5.74, 6) is -0.306. The van der Waals surface area contributed by atoms with Crippen molar-refractivity contribution in [3.63, 3.8) is 0 Å². The van der Waals surface area contributed by atoms with Crippen LogP contribution in [0.4, 0.5) is 4.39 Å². The summed E-state index contributed by atoms with van der Waals surface area (Å²) in [7, 11) is 0. The van der Waals surface area contributed by atoms with E-state index in [1.54, 1.807) is 6.07 Å². The molecular weight excluding hydrogens is 165 g/mol. The van der Waals surface area contributed by atoms with Gasteiger partial charge in [0.15, 0.2) is 0 Å². The monoisotopic (exact) mass is 169 g/mol. The fraction of sp³-hybridized carbons (Fsp3) is 0.125. The number of rotatable bonds is 1. The van der Waals surface area contributed by atoms with Crippen LogP contribution in [0, 0.1) is 5.82 Å². The summed E-state index contributed by atoms with van der Waals surface area (Å²) in [6, 6.07) is 4.35. The van der Waals surface area contributed by atoms with Crippen molar-refractivity contribution in [2.45, 2.75) is 0 Å². The van der Waals surface area contributed by atoms with E-state index in [0.717, 1.165) is 17.8 Å². The molecule has 0 aliphatic carbocycles. The molecule has 0 aromatic heterocycles. The highest BCUT2D eigenvalue weighted by Gasteiger charge is 2.15. The van der Waals surface area contributed by atoms with Crippen molar-refractivity contribution >= 4 is 17.3 Å². The number of nitrogens with zero attached hydrogens (tertiary/aromatic N) is 1. The first-order valence-electron chi connectivity index (χ1n) is 3.26. The van der Waals surface area contributed by atoms with Gasteiger partial charge < -0.3 is 0 Å². The Balaban J connectivity index is 2.48. The lowest BCUT2D eigenvalue weighted by molar-refractivity contribution is 0.628. The van der Waals surface area contributed by atoms with Gasteiger partial charge >= 0.3 is 0 Å². The van der Waals surface area contributed by atoms with Gasteiger partial charge in [0.2, 0.25) is 0 Å². The fourth-order valence-electron chi connectivity index (χ4n) is 0.933. The molecule has 1 nitrogen and oxygen atoms in total. The molecule has 0 spiro atoms. The van der Waals surface area contributed by atoms with Crippen LogP contribution in [0.2, 0.25) is 5.02 Å². The summed E-state index contributed by atoms with van der Waals surface area (Å²) in [6.45, 7) is 0.741. The van der Waals surface area contributed by atoms with E-state index >= 15 is 0 Å². The first-order valence-corrected chi connectivity index (χ1v) is 3.64. The van der Waals surface area contributed by atoms with Gasteiger partial charge in [-0.25, -0.2) is 4.39 Å². The maximum absolute atomic E-state index is 12.5. The highest BCUT2D eigenvalue weighted by molar-refractivity contribution is 6.35. The summed E-state index contributed by atoms with van der Waals surface area (Å²) >= 11 is 5.74. The van der Waals surface area contributed by atoms with Gasteiger partial charge in [-0.1, -0.05) is 11.6 Å². The highest BCUT2D eigenvalue weighted by atomic mass is 35.5. The zero-order valence-electron chi connectivity index (χ0n) is 5.64.